The van der Waals surface area contributed by atoms with E-state index in [4.69, 9.17) is 0 Å². The van der Waals surface area contributed by atoms with E-state index in [1.807, 2.05) is 31.2 Å². The number of amidine groups is 1. The zero-order valence-electron chi connectivity index (χ0n) is 19.5. The van der Waals surface area contributed by atoms with E-state index >= 15 is 0 Å². The van der Waals surface area contributed by atoms with Crippen molar-refractivity contribution >= 4 is 41.1 Å². The molecule has 186 valence electrons. The molecule has 4 aliphatic rings. The number of aliphatic carboxylic acids is 1. The lowest BCUT2D eigenvalue weighted by atomic mass is 9.79. The molecule has 5 rings (SSSR count). The molecule has 2 fully saturated rings. The number of aliphatic hydroxyl groups excluding tert-OH is 1. The highest BCUT2D eigenvalue weighted by Gasteiger charge is 2.60. The Morgan fingerprint density at radius 2 is 2.14 bits per heavy atom. The van der Waals surface area contributed by atoms with E-state index in [0.717, 1.165) is 24.5 Å². The Labute approximate surface area is 207 Å². The number of thioether (sulfide) groups is 1. The van der Waals surface area contributed by atoms with Crippen LogP contribution in [0.1, 0.15) is 25.8 Å². The summed E-state index contributed by atoms with van der Waals surface area (Å²) in [5.74, 6) is -1.57. The van der Waals surface area contributed by atoms with Gasteiger partial charge in [0.2, 0.25) is 11.8 Å². The number of anilines is 1. The summed E-state index contributed by atoms with van der Waals surface area (Å²) < 4.78 is 0. The lowest BCUT2D eigenvalue weighted by Crippen LogP contribution is -2.63. The molecule has 10 nitrogen and oxygen atoms in total. The van der Waals surface area contributed by atoms with Crippen molar-refractivity contribution in [3.05, 3.63) is 40.4 Å². The van der Waals surface area contributed by atoms with Gasteiger partial charge in [0.05, 0.1) is 30.7 Å². The van der Waals surface area contributed by atoms with Gasteiger partial charge in [0, 0.05) is 40.4 Å². The summed E-state index contributed by atoms with van der Waals surface area (Å²) in [7, 11) is 0. The molecular formula is C24H29N5O5S. The molecule has 2 saturated heterocycles. The molecule has 0 saturated carbocycles. The van der Waals surface area contributed by atoms with E-state index in [1.54, 1.807) is 6.92 Å². The maximum atomic E-state index is 12.9. The van der Waals surface area contributed by atoms with E-state index in [1.165, 1.54) is 16.7 Å². The van der Waals surface area contributed by atoms with E-state index in [0.29, 0.717) is 23.6 Å². The number of nitrogens with zero attached hydrogens (tertiary/aromatic N) is 2. The van der Waals surface area contributed by atoms with Crippen molar-refractivity contribution in [2.24, 2.45) is 16.8 Å². The van der Waals surface area contributed by atoms with Crippen LogP contribution in [-0.4, -0.2) is 81.8 Å². The van der Waals surface area contributed by atoms with Gasteiger partial charge in [-0.05, 0) is 25.5 Å². The van der Waals surface area contributed by atoms with Gasteiger partial charge in [0.1, 0.15) is 11.5 Å². The molecule has 0 aromatic heterocycles. The second-order valence-corrected chi connectivity index (χ2v) is 10.8. The van der Waals surface area contributed by atoms with Crippen molar-refractivity contribution in [3.8, 4) is 0 Å². The second kappa shape index (κ2) is 9.29. The highest BCUT2D eigenvalue weighted by Crippen LogP contribution is 2.51. The minimum atomic E-state index is -1.14. The van der Waals surface area contributed by atoms with Gasteiger partial charge in [0.15, 0.2) is 0 Å². The van der Waals surface area contributed by atoms with E-state index in [2.05, 4.69) is 20.9 Å². The minimum Gasteiger partial charge on any atom is -0.477 e. The third-order valence-corrected chi connectivity index (χ3v) is 8.60. The molecule has 35 heavy (non-hydrogen) atoms. The van der Waals surface area contributed by atoms with Gasteiger partial charge < -0.3 is 31.1 Å². The number of hydrogen-bond donors (Lipinski definition) is 5. The van der Waals surface area contributed by atoms with Crippen molar-refractivity contribution < 1.29 is 24.6 Å². The topological polar surface area (TPSA) is 143 Å². The number of benzene rings is 1. The summed E-state index contributed by atoms with van der Waals surface area (Å²) in [6.45, 7) is 5.56. The fourth-order valence-electron chi connectivity index (χ4n) is 5.42. The molecule has 11 heteroatoms. The van der Waals surface area contributed by atoms with Crippen LogP contribution in [0.5, 0.6) is 0 Å². The molecule has 5 N–H and O–H groups in total. The maximum Gasteiger partial charge on any atom is 0.353 e. The summed E-state index contributed by atoms with van der Waals surface area (Å²) in [6, 6.07) is 6.80. The van der Waals surface area contributed by atoms with Gasteiger partial charge in [0.25, 0.3) is 0 Å². The number of carboxylic acids is 1. The number of carbonyl (C=O) groups is 3. The summed E-state index contributed by atoms with van der Waals surface area (Å²) in [5, 5.41) is 29.3. The first-order chi connectivity index (χ1) is 16.8. The van der Waals surface area contributed by atoms with Crippen LogP contribution < -0.4 is 16.0 Å². The number of β-lactam (4-membered cyclic amide) rings is 1. The number of carboxylic acid groups (broad SMARTS) is 1. The number of aliphatic hydroxyl groups is 1. The summed E-state index contributed by atoms with van der Waals surface area (Å²) in [5.41, 5.74) is 1.63. The smallest absolute Gasteiger partial charge is 0.353 e. The molecule has 6 atom stereocenters. The molecule has 4 aliphatic heterocycles. The largest absolute Gasteiger partial charge is 0.477 e. The number of rotatable bonds is 7. The first kappa shape index (κ1) is 23.8. The van der Waals surface area contributed by atoms with Crippen molar-refractivity contribution in [1.29, 1.82) is 0 Å². The Morgan fingerprint density at radius 3 is 2.83 bits per heavy atom. The first-order valence-electron chi connectivity index (χ1n) is 11.8. The number of hydrogen-bond acceptors (Lipinski definition) is 8. The van der Waals surface area contributed by atoms with Crippen LogP contribution in [-0.2, 0) is 14.4 Å². The predicted molar refractivity (Wildman–Crippen MR) is 132 cm³/mol. The van der Waals surface area contributed by atoms with Gasteiger partial charge in [-0.3, -0.25) is 14.6 Å². The number of amides is 2. The first-order valence-corrected chi connectivity index (χ1v) is 12.7. The molecule has 0 radical (unpaired) electrons. The van der Waals surface area contributed by atoms with Crippen molar-refractivity contribution in [2.75, 3.05) is 25.0 Å². The highest BCUT2D eigenvalue weighted by molar-refractivity contribution is 8.03. The summed E-state index contributed by atoms with van der Waals surface area (Å²) in [4.78, 5) is 43.9. The molecule has 0 bridgehead atoms. The Hall–Kier alpha value is -2.89. The fraction of sp³-hybridized carbons (Fsp3) is 0.500. The van der Waals surface area contributed by atoms with Crippen LogP contribution in [0.3, 0.4) is 0 Å². The number of fused-ring (bicyclic) bond motifs is 1. The second-order valence-electron chi connectivity index (χ2n) is 9.44. The van der Waals surface area contributed by atoms with Crippen LogP contribution in [0.15, 0.2) is 39.9 Å². The molecule has 1 aromatic carbocycles. The zero-order chi connectivity index (χ0) is 24.9. The lowest BCUT2D eigenvalue weighted by molar-refractivity contribution is -0.163. The third kappa shape index (κ3) is 4.21. The van der Waals surface area contributed by atoms with Crippen LogP contribution in [0.25, 0.3) is 0 Å². The van der Waals surface area contributed by atoms with Gasteiger partial charge in [-0.25, -0.2) is 4.79 Å². The van der Waals surface area contributed by atoms with Crippen LogP contribution in [0, 0.1) is 11.8 Å². The molecule has 4 heterocycles. The lowest BCUT2D eigenvalue weighted by Gasteiger charge is -2.46. The maximum absolute atomic E-state index is 12.9. The van der Waals surface area contributed by atoms with Crippen molar-refractivity contribution in [1.82, 2.24) is 15.5 Å². The van der Waals surface area contributed by atoms with Crippen LogP contribution >= 0.6 is 11.8 Å². The van der Waals surface area contributed by atoms with Crippen molar-refractivity contribution in [3.63, 3.8) is 0 Å². The van der Waals surface area contributed by atoms with E-state index < -0.39 is 24.0 Å². The van der Waals surface area contributed by atoms with Gasteiger partial charge in [-0.15, -0.1) is 11.8 Å². The predicted octanol–water partition coefficient (Wildman–Crippen LogP) is 0.592. The molecular weight excluding hydrogens is 470 g/mol. The van der Waals surface area contributed by atoms with Gasteiger partial charge in [-0.2, -0.15) is 0 Å². The van der Waals surface area contributed by atoms with E-state index in [9.17, 15) is 24.6 Å². The SMILES string of the molecule is C[C@H]1C(S[C@@H]2CN[C@H](C(=O)Nc3cccc(C4=NCCN4)c3)C2)=C(C(=O)O)N2C(=O)[C@H]([C@@H](C)O)C12. The number of nitrogens with one attached hydrogen (secondary N) is 3. The van der Waals surface area contributed by atoms with Crippen LogP contribution in [0.2, 0.25) is 0 Å². The van der Waals surface area contributed by atoms with E-state index in [-0.39, 0.29) is 34.7 Å². The zero-order valence-corrected chi connectivity index (χ0v) is 20.3. The number of carbonyl (C=O) groups excluding carboxylic acids is 2. The Kier molecular flexibility index (Phi) is 6.32. The Bertz CT molecular complexity index is 1140. The normalized spacial score (nSPS) is 30.5. The fourth-order valence-corrected chi connectivity index (χ4v) is 6.89. The standard InChI is InChI=1S/C24H29N5O5S/c1-11-18-17(12(2)30)23(32)29(18)19(24(33)34)20(11)35-15-9-16(27-10-15)22(31)28-14-5-3-4-13(8-14)21-25-6-7-26-21/h3-5,8,11-12,15-18,27,30H,6-7,9-10H2,1-2H3,(H,25,26)(H,28,31)(H,33,34)/t11-,12-,15+,16+,17-,18?/m1/s1. The average Bonchev–Trinajstić information content (AvgIpc) is 3.55. The molecule has 0 spiro atoms. The van der Waals surface area contributed by atoms with Crippen molar-refractivity contribution in [2.45, 2.75) is 43.7 Å². The summed E-state index contributed by atoms with van der Waals surface area (Å²) in [6.07, 6.45) is -0.298. The highest BCUT2D eigenvalue weighted by atomic mass is 32.2. The third-order valence-electron chi connectivity index (χ3n) is 7.09. The molecule has 1 aromatic rings. The molecule has 0 aliphatic carbocycles. The minimum absolute atomic E-state index is 0.0141. The Balaban J connectivity index is 1.24. The quantitative estimate of drug-likeness (QED) is 0.343. The number of aliphatic imine (C=N–C) groups is 1. The summed E-state index contributed by atoms with van der Waals surface area (Å²) >= 11 is 1.43. The van der Waals surface area contributed by atoms with Gasteiger partial charge in [-0.1, -0.05) is 19.1 Å². The van der Waals surface area contributed by atoms with Gasteiger partial charge >= 0.3 is 5.97 Å². The molecule has 2 amide bonds. The van der Waals surface area contributed by atoms with Crippen LogP contribution in [0.4, 0.5) is 5.69 Å². The monoisotopic (exact) mass is 499 g/mol. The molecule has 1 unspecified atom stereocenters. The Morgan fingerprint density at radius 1 is 1.34 bits per heavy atom. The average molecular weight is 500 g/mol.